The van der Waals surface area contributed by atoms with Crippen molar-refractivity contribution >= 4 is 0 Å². The molecule has 3 nitrogen and oxygen atoms in total. The molecule has 66 valence electrons. The Labute approximate surface area is 73.0 Å². The molecule has 0 aliphatic carbocycles. The highest BCUT2D eigenvalue weighted by Crippen LogP contribution is 2.04. The largest absolute Gasteiger partial charge is 0.327 e. The average Bonchev–Trinajstić information content (AvgIpc) is 2.06. The molecular formula is C9H15N3. The van der Waals surface area contributed by atoms with Crippen molar-refractivity contribution in [1.29, 1.82) is 0 Å². The van der Waals surface area contributed by atoms with Crippen molar-refractivity contribution in [2.45, 2.75) is 26.3 Å². The van der Waals surface area contributed by atoms with Crippen molar-refractivity contribution < 1.29 is 0 Å². The van der Waals surface area contributed by atoms with E-state index < -0.39 is 0 Å². The smallest absolute Gasteiger partial charge is 0.0602 e. The van der Waals surface area contributed by atoms with Crippen LogP contribution in [-0.4, -0.2) is 16.0 Å². The lowest BCUT2D eigenvalue weighted by Gasteiger charge is -2.13. The van der Waals surface area contributed by atoms with Crippen molar-refractivity contribution in [3.8, 4) is 0 Å². The summed E-state index contributed by atoms with van der Waals surface area (Å²) in [6, 6.07) is 0.182. The average molecular weight is 165 g/mol. The lowest BCUT2D eigenvalue weighted by Crippen LogP contribution is -2.29. The van der Waals surface area contributed by atoms with Crippen LogP contribution < -0.4 is 5.73 Å². The van der Waals surface area contributed by atoms with E-state index in [-0.39, 0.29) is 6.04 Å². The molecule has 1 aromatic heterocycles. The van der Waals surface area contributed by atoms with Gasteiger partial charge in [-0.2, -0.15) is 0 Å². The molecule has 0 saturated heterocycles. The minimum Gasteiger partial charge on any atom is -0.327 e. The maximum atomic E-state index is 5.88. The Hall–Kier alpha value is -0.960. The normalized spacial score (nSPS) is 13.3. The Morgan fingerprint density at radius 2 is 2.17 bits per heavy atom. The van der Waals surface area contributed by atoms with E-state index in [0.717, 1.165) is 12.1 Å². The van der Waals surface area contributed by atoms with E-state index in [2.05, 4.69) is 23.8 Å². The molecule has 2 N–H and O–H groups in total. The van der Waals surface area contributed by atoms with Gasteiger partial charge in [0.15, 0.2) is 0 Å². The first kappa shape index (κ1) is 9.13. The Morgan fingerprint density at radius 1 is 1.42 bits per heavy atom. The van der Waals surface area contributed by atoms with E-state index in [1.165, 1.54) is 0 Å². The fourth-order valence-corrected chi connectivity index (χ4v) is 0.913. The van der Waals surface area contributed by atoms with Crippen LogP contribution in [0.4, 0.5) is 0 Å². The third-order valence-corrected chi connectivity index (χ3v) is 1.92. The van der Waals surface area contributed by atoms with Crippen molar-refractivity contribution in [2.24, 2.45) is 11.7 Å². The fraction of sp³-hybridized carbons (Fsp3) is 0.556. The van der Waals surface area contributed by atoms with Gasteiger partial charge in [0.2, 0.25) is 0 Å². The van der Waals surface area contributed by atoms with Crippen LogP contribution in [0.2, 0.25) is 0 Å². The van der Waals surface area contributed by atoms with Gasteiger partial charge in [0.25, 0.3) is 0 Å². The van der Waals surface area contributed by atoms with E-state index in [9.17, 15) is 0 Å². The highest BCUT2D eigenvalue weighted by molar-refractivity contribution is 4.97. The van der Waals surface area contributed by atoms with Gasteiger partial charge in [-0.1, -0.05) is 13.8 Å². The van der Waals surface area contributed by atoms with Crippen molar-refractivity contribution in [2.75, 3.05) is 0 Å². The minimum absolute atomic E-state index is 0.182. The van der Waals surface area contributed by atoms with E-state index >= 15 is 0 Å². The molecule has 0 bridgehead atoms. The van der Waals surface area contributed by atoms with Gasteiger partial charge in [-0.25, -0.2) is 0 Å². The molecule has 0 aliphatic heterocycles. The van der Waals surface area contributed by atoms with E-state index in [4.69, 9.17) is 5.73 Å². The molecular weight excluding hydrogens is 150 g/mol. The molecule has 1 atom stereocenters. The molecule has 0 fully saturated rings. The predicted molar refractivity (Wildman–Crippen MR) is 48.5 cm³/mol. The summed E-state index contributed by atoms with van der Waals surface area (Å²) in [7, 11) is 0. The van der Waals surface area contributed by atoms with Crippen LogP contribution in [0.25, 0.3) is 0 Å². The number of hydrogen-bond acceptors (Lipinski definition) is 3. The van der Waals surface area contributed by atoms with Crippen LogP contribution in [0.3, 0.4) is 0 Å². The van der Waals surface area contributed by atoms with Crippen molar-refractivity contribution in [3.63, 3.8) is 0 Å². The van der Waals surface area contributed by atoms with E-state index in [0.29, 0.717) is 5.92 Å². The third-order valence-electron chi connectivity index (χ3n) is 1.92. The van der Waals surface area contributed by atoms with Crippen LogP contribution >= 0.6 is 0 Å². The van der Waals surface area contributed by atoms with Gasteiger partial charge in [-0.3, -0.25) is 9.97 Å². The number of hydrogen-bond donors (Lipinski definition) is 1. The predicted octanol–water partition coefficient (Wildman–Crippen LogP) is 1.00. The third kappa shape index (κ3) is 2.58. The molecule has 12 heavy (non-hydrogen) atoms. The summed E-state index contributed by atoms with van der Waals surface area (Å²) >= 11 is 0. The van der Waals surface area contributed by atoms with Gasteiger partial charge in [0, 0.05) is 31.1 Å². The zero-order valence-electron chi connectivity index (χ0n) is 7.57. The number of nitrogens with two attached hydrogens (primary N) is 1. The van der Waals surface area contributed by atoms with Gasteiger partial charge in [-0.05, 0) is 5.92 Å². The summed E-state index contributed by atoms with van der Waals surface area (Å²) in [6.45, 7) is 4.22. The highest BCUT2D eigenvalue weighted by atomic mass is 14.8. The maximum Gasteiger partial charge on any atom is 0.0602 e. The first-order valence-corrected chi connectivity index (χ1v) is 4.20. The second-order valence-corrected chi connectivity index (χ2v) is 3.31. The Balaban J connectivity index is 2.53. The topological polar surface area (TPSA) is 51.8 Å². The molecule has 3 heteroatoms. The molecule has 0 amide bonds. The quantitative estimate of drug-likeness (QED) is 0.727. The molecule has 0 saturated carbocycles. The minimum atomic E-state index is 0.182. The van der Waals surface area contributed by atoms with Crippen molar-refractivity contribution in [1.82, 2.24) is 9.97 Å². The molecule has 0 aliphatic rings. The zero-order chi connectivity index (χ0) is 8.97. The fourth-order valence-electron chi connectivity index (χ4n) is 0.913. The van der Waals surface area contributed by atoms with E-state index in [1.807, 2.05) is 0 Å². The van der Waals surface area contributed by atoms with Gasteiger partial charge >= 0.3 is 0 Å². The Morgan fingerprint density at radius 3 is 2.67 bits per heavy atom. The van der Waals surface area contributed by atoms with Gasteiger partial charge in [0.05, 0.1) is 5.69 Å². The Bertz CT molecular complexity index is 220. The van der Waals surface area contributed by atoms with Crippen LogP contribution in [-0.2, 0) is 6.42 Å². The summed E-state index contributed by atoms with van der Waals surface area (Å²) in [5.74, 6) is 0.493. The molecule has 1 rings (SSSR count). The summed E-state index contributed by atoms with van der Waals surface area (Å²) in [5, 5.41) is 0. The molecule has 0 spiro atoms. The first-order chi connectivity index (χ1) is 5.70. The number of rotatable bonds is 3. The molecule has 1 heterocycles. The summed E-state index contributed by atoms with van der Waals surface area (Å²) in [6.07, 6.45) is 5.94. The number of nitrogens with zero attached hydrogens (tertiary/aromatic N) is 2. The highest BCUT2D eigenvalue weighted by Gasteiger charge is 2.08. The van der Waals surface area contributed by atoms with Crippen molar-refractivity contribution in [3.05, 3.63) is 24.3 Å². The first-order valence-electron chi connectivity index (χ1n) is 4.20. The van der Waals surface area contributed by atoms with E-state index in [1.54, 1.807) is 18.6 Å². The van der Waals surface area contributed by atoms with Crippen LogP contribution in [0.5, 0.6) is 0 Å². The second kappa shape index (κ2) is 4.16. The maximum absolute atomic E-state index is 5.88. The van der Waals surface area contributed by atoms with Gasteiger partial charge in [0.1, 0.15) is 0 Å². The number of aromatic nitrogens is 2. The standard InChI is InChI=1S/C9H15N3/c1-7(2)9(10)5-8-6-11-3-4-12-8/h3-4,6-7,9H,5,10H2,1-2H3. The zero-order valence-corrected chi connectivity index (χ0v) is 7.57. The SMILES string of the molecule is CC(C)C(N)Cc1cnccn1. The lowest BCUT2D eigenvalue weighted by atomic mass is 10.0. The molecule has 0 radical (unpaired) electrons. The van der Waals surface area contributed by atoms with Crippen LogP contribution in [0, 0.1) is 5.92 Å². The van der Waals surface area contributed by atoms with Gasteiger partial charge < -0.3 is 5.73 Å². The molecule has 0 aromatic carbocycles. The summed E-state index contributed by atoms with van der Waals surface area (Å²) in [4.78, 5) is 8.14. The monoisotopic (exact) mass is 165 g/mol. The van der Waals surface area contributed by atoms with Crippen LogP contribution in [0.1, 0.15) is 19.5 Å². The molecule has 1 unspecified atom stereocenters. The van der Waals surface area contributed by atoms with Gasteiger partial charge in [-0.15, -0.1) is 0 Å². The lowest BCUT2D eigenvalue weighted by molar-refractivity contribution is 0.486. The summed E-state index contributed by atoms with van der Waals surface area (Å²) in [5.41, 5.74) is 6.85. The Kier molecular flexibility index (Phi) is 3.17. The molecule has 1 aromatic rings. The second-order valence-electron chi connectivity index (χ2n) is 3.31. The van der Waals surface area contributed by atoms with Crippen LogP contribution in [0.15, 0.2) is 18.6 Å². The summed E-state index contributed by atoms with van der Waals surface area (Å²) < 4.78 is 0.